The number of aliphatic hydroxyl groups is 1. The topological polar surface area (TPSA) is 252 Å². The Hall–Kier alpha value is -3.81. The predicted molar refractivity (Wildman–Crippen MR) is 163 cm³/mol. The van der Waals surface area contributed by atoms with Crippen molar-refractivity contribution in [3.05, 3.63) is 55.6 Å². The minimum Gasteiger partial charge on any atom is -0.387 e. The lowest BCUT2D eigenvalue weighted by Crippen LogP contribution is -2.35. The third-order valence-corrected chi connectivity index (χ3v) is 10.6. The molecule has 0 saturated carbocycles. The van der Waals surface area contributed by atoms with E-state index < -0.39 is 72.0 Å². The number of nitrogens with zero attached hydrogens (tertiary/aromatic N) is 8. The average molecular weight is 705 g/mol. The van der Waals surface area contributed by atoms with Gasteiger partial charge in [0, 0.05) is 5.30 Å². The van der Waals surface area contributed by atoms with Crippen LogP contribution in [0.1, 0.15) is 12.5 Å². The fraction of sp³-hybridized carbons (Fsp3) is 0.385. The fourth-order valence-corrected chi connectivity index (χ4v) is 8.24. The molecule has 0 amide bonds. The number of hydrogen-bond donors (Lipinski definition) is 4. The van der Waals surface area contributed by atoms with Crippen LogP contribution >= 0.6 is 16.2 Å². The molecule has 252 valence electrons. The Morgan fingerprint density at radius 1 is 0.854 bits per heavy atom. The third-order valence-electron chi connectivity index (χ3n) is 8.10. The molecule has 48 heavy (non-hydrogen) atoms. The van der Waals surface area contributed by atoms with Crippen LogP contribution in [0.3, 0.4) is 0 Å². The quantitative estimate of drug-likeness (QED) is 0.190. The number of aliphatic hydroxyl groups excluding tert-OH is 1. The summed E-state index contributed by atoms with van der Waals surface area (Å²) in [5.41, 5.74) is 12.9. The normalized spacial score (nSPS) is 34.4. The van der Waals surface area contributed by atoms with E-state index in [1.165, 1.54) is 34.4 Å². The van der Waals surface area contributed by atoms with Crippen LogP contribution in [-0.2, 0) is 32.1 Å². The van der Waals surface area contributed by atoms with Gasteiger partial charge in [0.15, 0.2) is 41.6 Å². The molecule has 3 aliphatic rings. The largest absolute Gasteiger partial charge is 0.472 e. The van der Waals surface area contributed by atoms with Crippen molar-refractivity contribution < 1.29 is 46.5 Å². The van der Waals surface area contributed by atoms with E-state index in [0.29, 0.717) is 11.0 Å². The van der Waals surface area contributed by atoms with Crippen LogP contribution in [0, 0.1) is 0 Å². The van der Waals surface area contributed by atoms with Gasteiger partial charge in [0.2, 0.25) is 8.38 Å². The lowest BCUT2D eigenvalue weighted by Gasteiger charge is -2.28. The fourth-order valence-electron chi connectivity index (χ4n) is 5.80. The zero-order valence-corrected chi connectivity index (χ0v) is 26.3. The summed E-state index contributed by atoms with van der Waals surface area (Å²) >= 11 is 0. The molecule has 3 fully saturated rings. The highest BCUT2D eigenvalue weighted by atomic mass is 31.2. The van der Waals surface area contributed by atoms with Crippen molar-refractivity contribution in [2.45, 2.75) is 49.1 Å². The monoisotopic (exact) mass is 704 g/mol. The number of imidazole rings is 2. The molecule has 5 aromatic rings. The molecule has 3 aliphatic heterocycles. The molecule has 22 heteroatoms. The summed E-state index contributed by atoms with van der Waals surface area (Å²) in [6, 6.07) is 8.87. The molecule has 10 unspecified atom stereocenters. The van der Waals surface area contributed by atoms with Crippen molar-refractivity contribution in [2.75, 3.05) is 24.7 Å². The van der Waals surface area contributed by atoms with E-state index >= 15 is 4.39 Å². The highest BCUT2D eigenvalue weighted by molar-refractivity contribution is 7.56. The highest BCUT2D eigenvalue weighted by Crippen LogP contribution is 2.52. The van der Waals surface area contributed by atoms with Gasteiger partial charge in [-0.1, -0.05) is 18.2 Å². The lowest BCUT2D eigenvalue weighted by molar-refractivity contribution is -0.0603. The van der Waals surface area contributed by atoms with Crippen LogP contribution in [0.4, 0.5) is 16.0 Å². The van der Waals surface area contributed by atoms with Crippen LogP contribution < -0.4 is 16.8 Å². The van der Waals surface area contributed by atoms with Crippen LogP contribution in [0.5, 0.6) is 0 Å². The van der Waals surface area contributed by atoms with Crippen molar-refractivity contribution in [3.63, 3.8) is 0 Å². The van der Waals surface area contributed by atoms with Crippen molar-refractivity contribution in [1.29, 1.82) is 0 Å². The second-order valence-corrected chi connectivity index (χ2v) is 13.9. The summed E-state index contributed by atoms with van der Waals surface area (Å²) in [5.74, 6) is 0.199. The minimum absolute atomic E-state index is 0.0742. The molecular formula is C26H27FN10O9P2. The molecule has 2 bridgehead atoms. The number of halogens is 1. The molecule has 7 heterocycles. The number of aromatic nitrogens is 8. The Labute approximate surface area is 270 Å². The second kappa shape index (κ2) is 12.3. The maximum atomic E-state index is 16.2. The number of hydrogen-bond acceptors (Lipinski definition) is 16. The molecule has 4 aromatic heterocycles. The van der Waals surface area contributed by atoms with Gasteiger partial charge in [-0.25, -0.2) is 38.9 Å². The van der Waals surface area contributed by atoms with Gasteiger partial charge in [-0.05, 0) is 12.1 Å². The van der Waals surface area contributed by atoms with Gasteiger partial charge in [-0.15, -0.1) is 0 Å². The highest BCUT2D eigenvalue weighted by Gasteiger charge is 2.53. The molecule has 1 aromatic carbocycles. The van der Waals surface area contributed by atoms with Crippen molar-refractivity contribution in [1.82, 2.24) is 39.0 Å². The molecule has 3 saturated heterocycles. The lowest BCUT2D eigenvalue weighted by atomic mass is 10.1. The summed E-state index contributed by atoms with van der Waals surface area (Å²) < 4.78 is 67.9. The molecule has 10 atom stereocenters. The van der Waals surface area contributed by atoms with Crippen molar-refractivity contribution >= 4 is 55.5 Å². The van der Waals surface area contributed by atoms with Crippen LogP contribution in [0.2, 0.25) is 0 Å². The van der Waals surface area contributed by atoms with E-state index in [2.05, 4.69) is 29.9 Å². The number of phosphoric acid groups is 1. The number of alkyl halides is 1. The molecule has 0 radical (unpaired) electrons. The Bertz CT molecular complexity index is 2010. The maximum absolute atomic E-state index is 16.2. The molecule has 6 N–H and O–H groups in total. The summed E-state index contributed by atoms with van der Waals surface area (Å²) in [6.07, 6.45) is -6.10. The van der Waals surface area contributed by atoms with E-state index in [1.54, 1.807) is 30.3 Å². The number of anilines is 2. The van der Waals surface area contributed by atoms with E-state index in [-0.39, 0.29) is 34.9 Å². The first-order chi connectivity index (χ1) is 23.2. The van der Waals surface area contributed by atoms with Crippen molar-refractivity contribution in [2.24, 2.45) is 0 Å². The summed E-state index contributed by atoms with van der Waals surface area (Å²) in [5, 5.41) is 12.0. The van der Waals surface area contributed by atoms with Gasteiger partial charge in [0.25, 0.3) is 0 Å². The van der Waals surface area contributed by atoms with Gasteiger partial charge in [0.1, 0.15) is 54.2 Å². The number of nitrogens with two attached hydrogens (primary N) is 2. The van der Waals surface area contributed by atoms with E-state index in [0.717, 1.165) is 0 Å². The molecule has 0 spiro atoms. The number of ether oxygens (including phenoxy) is 2. The minimum atomic E-state index is -5.01. The van der Waals surface area contributed by atoms with Gasteiger partial charge < -0.3 is 40.0 Å². The van der Waals surface area contributed by atoms with Gasteiger partial charge >= 0.3 is 7.82 Å². The standard InChI is InChI=1S/C26H27FN10O9P2/c27-15-19-14(44-25(15)36-10-34-16-21(28)30-8-32-23(16)36)6-41-47(12-4-2-1-3-5-12)45-20-18(38)13(7-42-48(39,40)46-19)43-26(20)37-11-35-17-22(29)31-9-33-24(17)37/h1-5,8-11,13-15,18-20,25-26,38H,6-7H2,(H,39,40)(H2,28,30,32)(H2,29,31,33). The molecule has 0 aliphatic carbocycles. The third kappa shape index (κ3) is 5.49. The van der Waals surface area contributed by atoms with Gasteiger partial charge in [-0.2, -0.15) is 0 Å². The maximum Gasteiger partial charge on any atom is 0.472 e. The number of rotatable bonds is 3. The zero-order valence-electron chi connectivity index (χ0n) is 24.5. The first-order valence-electron chi connectivity index (χ1n) is 14.5. The molecule has 8 rings (SSSR count). The predicted octanol–water partition coefficient (Wildman–Crippen LogP) is 0.879. The van der Waals surface area contributed by atoms with Gasteiger partial charge in [0.05, 0.1) is 25.9 Å². The van der Waals surface area contributed by atoms with Gasteiger partial charge in [-0.3, -0.25) is 18.2 Å². The Morgan fingerprint density at radius 3 is 2.15 bits per heavy atom. The SMILES string of the molecule is Nc1ncnc2c1ncn2C1OC2COP(c3ccccc3)OC3C(O)C(COP(=O)(O)OC2C1F)OC3n1cnc2c(N)ncnc21. The van der Waals surface area contributed by atoms with Crippen LogP contribution in [0.15, 0.2) is 55.6 Å². The van der Waals surface area contributed by atoms with Crippen molar-refractivity contribution in [3.8, 4) is 0 Å². The van der Waals surface area contributed by atoms with E-state index in [1.807, 2.05) is 0 Å². The Balaban J connectivity index is 1.15. The summed E-state index contributed by atoms with van der Waals surface area (Å²) in [4.78, 5) is 35.5. The zero-order chi connectivity index (χ0) is 33.2. The number of benzene rings is 1. The molecular weight excluding hydrogens is 677 g/mol. The number of nitrogen functional groups attached to an aromatic ring is 2. The van der Waals surface area contributed by atoms with Crippen LogP contribution in [0.25, 0.3) is 22.3 Å². The first-order valence-corrected chi connectivity index (χ1v) is 17.2. The smallest absolute Gasteiger partial charge is 0.387 e. The first kappa shape index (κ1) is 31.5. The second-order valence-electron chi connectivity index (χ2n) is 11.0. The van der Waals surface area contributed by atoms with E-state index in [4.69, 9.17) is 39.0 Å². The summed E-state index contributed by atoms with van der Waals surface area (Å²) in [6.45, 7) is -1.01. The number of phosphoric ester groups is 1. The molecule has 19 nitrogen and oxygen atoms in total. The average Bonchev–Trinajstić information content (AvgIpc) is 3.84. The summed E-state index contributed by atoms with van der Waals surface area (Å²) in [7, 11) is -7.04. The Morgan fingerprint density at radius 2 is 1.48 bits per heavy atom. The Kier molecular flexibility index (Phi) is 8.03. The number of fused-ring (bicyclic) bond motifs is 5. The van der Waals surface area contributed by atoms with E-state index in [9.17, 15) is 14.6 Å². The van der Waals surface area contributed by atoms with Crippen LogP contribution in [-0.4, -0.2) is 98.9 Å².